The number of likely N-dealkylation sites (N-methyl/N-ethyl adjacent to an activating group) is 1. The lowest BCUT2D eigenvalue weighted by Gasteiger charge is -2.38. The minimum absolute atomic E-state index is 0. The molecular weight excluding hydrogens is 375 g/mol. The zero-order chi connectivity index (χ0) is 14.6. The van der Waals surface area contributed by atoms with Gasteiger partial charge >= 0.3 is 0 Å². The Labute approximate surface area is 147 Å². The van der Waals surface area contributed by atoms with Crippen molar-refractivity contribution in [2.45, 2.75) is 52.0 Å². The molecule has 0 amide bonds. The van der Waals surface area contributed by atoms with E-state index in [2.05, 4.69) is 41.0 Å². The summed E-state index contributed by atoms with van der Waals surface area (Å²) < 4.78 is 0. The van der Waals surface area contributed by atoms with E-state index in [4.69, 9.17) is 0 Å². The van der Waals surface area contributed by atoms with Crippen molar-refractivity contribution >= 4 is 29.9 Å². The summed E-state index contributed by atoms with van der Waals surface area (Å²) in [7, 11) is 4.12. The van der Waals surface area contributed by atoms with Crippen LogP contribution >= 0.6 is 24.0 Å². The van der Waals surface area contributed by atoms with Crippen molar-refractivity contribution < 1.29 is 0 Å². The van der Waals surface area contributed by atoms with Gasteiger partial charge in [-0.3, -0.25) is 4.99 Å². The molecule has 2 fully saturated rings. The van der Waals surface area contributed by atoms with E-state index < -0.39 is 0 Å². The summed E-state index contributed by atoms with van der Waals surface area (Å²) in [5.41, 5.74) is 0.644. The number of rotatable bonds is 5. The molecule has 1 heterocycles. The quantitative estimate of drug-likeness (QED) is 0.431. The molecule has 1 saturated heterocycles. The fourth-order valence-corrected chi connectivity index (χ4v) is 3.41. The number of nitrogens with one attached hydrogen (secondary N) is 1. The standard InChI is InChI=1S/C16H32N4.HI/c1-5-14(2)19(4)12-10-18-15(17-3)20-11-9-16(13-20)7-6-8-16;/h14H,5-13H2,1-4H3,(H,17,18);1H. The smallest absolute Gasteiger partial charge is 0.193 e. The van der Waals surface area contributed by atoms with Crippen LogP contribution in [0.2, 0.25) is 0 Å². The highest BCUT2D eigenvalue weighted by Crippen LogP contribution is 2.47. The molecule has 1 spiro atoms. The van der Waals surface area contributed by atoms with E-state index in [1.807, 2.05) is 7.05 Å². The molecule has 5 heteroatoms. The topological polar surface area (TPSA) is 30.9 Å². The van der Waals surface area contributed by atoms with Crippen molar-refractivity contribution in [2.75, 3.05) is 40.3 Å². The first-order chi connectivity index (χ1) is 9.60. The predicted octanol–water partition coefficient (Wildman–Crippen LogP) is 2.79. The van der Waals surface area contributed by atoms with Gasteiger partial charge in [0.2, 0.25) is 0 Å². The van der Waals surface area contributed by atoms with Crippen LogP contribution in [0.25, 0.3) is 0 Å². The van der Waals surface area contributed by atoms with Gasteiger partial charge in [0.25, 0.3) is 0 Å². The zero-order valence-corrected chi connectivity index (χ0v) is 16.5. The number of aliphatic imine (C=N–C) groups is 1. The maximum Gasteiger partial charge on any atom is 0.193 e. The molecule has 1 saturated carbocycles. The fourth-order valence-electron chi connectivity index (χ4n) is 3.41. The van der Waals surface area contributed by atoms with E-state index in [0.717, 1.165) is 19.0 Å². The summed E-state index contributed by atoms with van der Waals surface area (Å²) in [6, 6.07) is 0.656. The van der Waals surface area contributed by atoms with E-state index >= 15 is 0 Å². The molecule has 21 heavy (non-hydrogen) atoms. The normalized spacial score (nSPS) is 22.1. The molecule has 0 radical (unpaired) electrons. The summed E-state index contributed by atoms with van der Waals surface area (Å²) in [5.74, 6) is 1.10. The molecule has 1 N–H and O–H groups in total. The molecule has 0 bridgehead atoms. The number of halogens is 1. The molecule has 2 rings (SSSR count). The Morgan fingerprint density at radius 2 is 2.10 bits per heavy atom. The molecule has 0 aromatic rings. The molecule has 4 nitrogen and oxygen atoms in total. The third-order valence-corrected chi connectivity index (χ3v) is 5.45. The minimum atomic E-state index is 0. The highest BCUT2D eigenvalue weighted by atomic mass is 127. The van der Waals surface area contributed by atoms with Gasteiger partial charge in [-0.15, -0.1) is 24.0 Å². The van der Waals surface area contributed by atoms with Crippen molar-refractivity contribution in [3.8, 4) is 0 Å². The first-order valence-corrected chi connectivity index (χ1v) is 8.26. The summed E-state index contributed by atoms with van der Waals surface area (Å²) in [4.78, 5) is 9.34. The summed E-state index contributed by atoms with van der Waals surface area (Å²) in [5, 5.41) is 3.54. The van der Waals surface area contributed by atoms with Crippen LogP contribution in [0, 0.1) is 5.41 Å². The highest BCUT2D eigenvalue weighted by molar-refractivity contribution is 14.0. The molecule has 1 unspecified atom stereocenters. The van der Waals surface area contributed by atoms with Crippen LogP contribution < -0.4 is 5.32 Å². The predicted molar refractivity (Wildman–Crippen MR) is 102 cm³/mol. The molecule has 2 aliphatic rings. The maximum absolute atomic E-state index is 4.47. The van der Waals surface area contributed by atoms with Crippen molar-refractivity contribution in [3.63, 3.8) is 0 Å². The Morgan fingerprint density at radius 1 is 1.38 bits per heavy atom. The Bertz CT molecular complexity index is 341. The Morgan fingerprint density at radius 3 is 2.57 bits per heavy atom. The van der Waals surface area contributed by atoms with Crippen molar-refractivity contribution in [2.24, 2.45) is 10.4 Å². The van der Waals surface area contributed by atoms with Gasteiger partial charge in [0.15, 0.2) is 5.96 Å². The second kappa shape index (κ2) is 8.56. The van der Waals surface area contributed by atoms with Crippen molar-refractivity contribution in [1.29, 1.82) is 0 Å². The third kappa shape index (κ3) is 4.71. The second-order valence-electron chi connectivity index (χ2n) is 6.74. The van der Waals surface area contributed by atoms with E-state index in [1.165, 1.54) is 45.2 Å². The fraction of sp³-hybridized carbons (Fsp3) is 0.938. The third-order valence-electron chi connectivity index (χ3n) is 5.45. The van der Waals surface area contributed by atoms with Crippen LogP contribution in [0.5, 0.6) is 0 Å². The number of guanidine groups is 1. The average Bonchev–Trinajstić information content (AvgIpc) is 2.87. The number of nitrogens with zero attached hydrogens (tertiary/aromatic N) is 3. The van der Waals surface area contributed by atoms with Crippen LogP contribution in [-0.2, 0) is 0 Å². The lowest BCUT2D eigenvalue weighted by atomic mass is 9.68. The monoisotopic (exact) mass is 408 g/mol. The Balaban J connectivity index is 0.00000220. The SMILES string of the molecule is CCC(C)N(C)CCNC(=NC)N1CCC2(CCC2)C1.I. The summed E-state index contributed by atoms with van der Waals surface area (Å²) in [6.45, 7) is 8.99. The Hall–Kier alpha value is -0.0400. The van der Waals surface area contributed by atoms with Crippen LogP contribution in [-0.4, -0.2) is 62.1 Å². The van der Waals surface area contributed by atoms with Gasteiger partial charge in [-0.1, -0.05) is 13.3 Å². The van der Waals surface area contributed by atoms with Crippen LogP contribution in [0.1, 0.15) is 46.0 Å². The first-order valence-electron chi connectivity index (χ1n) is 8.26. The van der Waals surface area contributed by atoms with Crippen LogP contribution in [0.3, 0.4) is 0 Å². The average molecular weight is 408 g/mol. The van der Waals surface area contributed by atoms with Gasteiger partial charge in [0.05, 0.1) is 0 Å². The molecule has 1 aliphatic heterocycles. The van der Waals surface area contributed by atoms with E-state index in [9.17, 15) is 0 Å². The molecular formula is C16H33IN4. The molecule has 1 atom stereocenters. The summed E-state index contributed by atoms with van der Waals surface area (Å²) in [6.07, 6.45) is 6.86. The second-order valence-corrected chi connectivity index (χ2v) is 6.74. The highest BCUT2D eigenvalue weighted by Gasteiger charge is 2.43. The van der Waals surface area contributed by atoms with Crippen molar-refractivity contribution in [1.82, 2.24) is 15.1 Å². The van der Waals surface area contributed by atoms with Gasteiger partial charge < -0.3 is 15.1 Å². The zero-order valence-electron chi connectivity index (χ0n) is 14.2. The Kier molecular flexibility index (Phi) is 7.74. The largest absolute Gasteiger partial charge is 0.355 e. The van der Waals surface area contributed by atoms with E-state index in [1.54, 1.807) is 0 Å². The molecule has 0 aromatic heterocycles. The maximum atomic E-state index is 4.47. The number of hydrogen-bond acceptors (Lipinski definition) is 2. The lowest BCUT2D eigenvalue weighted by Crippen LogP contribution is -2.45. The van der Waals surface area contributed by atoms with E-state index in [0.29, 0.717) is 11.5 Å². The number of hydrogen-bond donors (Lipinski definition) is 1. The van der Waals surface area contributed by atoms with Gasteiger partial charge in [-0.05, 0) is 45.1 Å². The minimum Gasteiger partial charge on any atom is -0.355 e. The van der Waals surface area contributed by atoms with Crippen molar-refractivity contribution in [3.05, 3.63) is 0 Å². The van der Waals surface area contributed by atoms with Gasteiger partial charge in [-0.25, -0.2) is 0 Å². The lowest BCUT2D eigenvalue weighted by molar-refractivity contribution is 0.151. The first kappa shape index (κ1) is 19.0. The molecule has 1 aliphatic carbocycles. The van der Waals surface area contributed by atoms with Gasteiger partial charge in [0.1, 0.15) is 0 Å². The number of likely N-dealkylation sites (tertiary alicyclic amines) is 1. The van der Waals surface area contributed by atoms with Crippen LogP contribution in [0.4, 0.5) is 0 Å². The molecule has 124 valence electrons. The summed E-state index contributed by atoms with van der Waals surface area (Å²) >= 11 is 0. The molecule has 0 aromatic carbocycles. The van der Waals surface area contributed by atoms with E-state index in [-0.39, 0.29) is 24.0 Å². The van der Waals surface area contributed by atoms with Crippen LogP contribution in [0.15, 0.2) is 4.99 Å². The van der Waals surface area contributed by atoms with Gasteiger partial charge in [-0.2, -0.15) is 0 Å². The van der Waals surface area contributed by atoms with Gasteiger partial charge in [0, 0.05) is 39.3 Å².